The molecule has 1 aliphatic rings. The number of sulfonamides is 1. The number of nitrogens with zero attached hydrogens (tertiary/aromatic N) is 4. The Morgan fingerprint density at radius 2 is 1.76 bits per heavy atom. The first kappa shape index (κ1) is 25.9. The van der Waals surface area contributed by atoms with Gasteiger partial charge in [0.25, 0.3) is 0 Å². The number of aromatic amines is 1. The van der Waals surface area contributed by atoms with Crippen molar-refractivity contribution >= 4 is 21.7 Å². The number of hydrogen-bond donors (Lipinski definition) is 3. The Labute approximate surface area is 218 Å². The molecular weight excluding hydrogens is 513 g/mol. The molecule has 13 heteroatoms. The van der Waals surface area contributed by atoms with Crippen molar-refractivity contribution in [3.8, 4) is 22.6 Å². The van der Waals surface area contributed by atoms with Crippen LogP contribution in [0.4, 0.5) is 16.0 Å². The monoisotopic (exact) mass is 539 g/mol. The van der Waals surface area contributed by atoms with Gasteiger partial charge in [0.15, 0.2) is 5.82 Å². The highest BCUT2D eigenvalue weighted by Crippen LogP contribution is 2.35. The second-order valence-electron chi connectivity index (χ2n) is 9.34. The van der Waals surface area contributed by atoms with Crippen LogP contribution in [0.2, 0.25) is 0 Å². The van der Waals surface area contributed by atoms with E-state index in [0.29, 0.717) is 34.4 Å². The first-order chi connectivity index (χ1) is 18.2. The van der Waals surface area contributed by atoms with E-state index in [0.717, 1.165) is 11.9 Å². The van der Waals surface area contributed by atoms with Crippen molar-refractivity contribution in [2.24, 2.45) is 5.41 Å². The van der Waals surface area contributed by atoms with E-state index < -0.39 is 21.7 Å². The molecule has 198 valence electrons. The summed E-state index contributed by atoms with van der Waals surface area (Å²) >= 11 is 0. The van der Waals surface area contributed by atoms with Gasteiger partial charge < -0.3 is 19.8 Å². The summed E-state index contributed by atoms with van der Waals surface area (Å²) in [4.78, 5) is 20.9. The van der Waals surface area contributed by atoms with Crippen LogP contribution in [0.25, 0.3) is 22.6 Å². The number of rotatable bonds is 8. The van der Waals surface area contributed by atoms with Crippen molar-refractivity contribution in [2.45, 2.75) is 13.2 Å². The predicted octanol–water partition coefficient (Wildman–Crippen LogP) is 3.41. The molecule has 0 amide bonds. The lowest BCUT2D eigenvalue weighted by atomic mass is 9.92. The van der Waals surface area contributed by atoms with Crippen LogP contribution in [-0.4, -0.2) is 59.4 Å². The number of anilines is 2. The van der Waals surface area contributed by atoms with Gasteiger partial charge in [-0.1, -0.05) is 6.92 Å². The number of ether oxygens (including phenoxy) is 2. The molecule has 0 radical (unpaired) electrons. The lowest BCUT2D eigenvalue weighted by molar-refractivity contribution is -0.231. The van der Waals surface area contributed by atoms with Crippen LogP contribution in [0.1, 0.15) is 19.0 Å². The number of halogens is 1. The van der Waals surface area contributed by atoms with Gasteiger partial charge in [-0.25, -0.2) is 32.5 Å². The third-order valence-corrected chi connectivity index (χ3v) is 6.51. The molecule has 5 rings (SSSR count). The predicted molar refractivity (Wildman–Crippen MR) is 138 cm³/mol. The highest BCUT2D eigenvalue weighted by Gasteiger charge is 2.35. The quantitative estimate of drug-likeness (QED) is 0.307. The van der Waals surface area contributed by atoms with Crippen LogP contribution in [0.15, 0.2) is 61.1 Å². The molecule has 4 aromatic rings. The zero-order chi connectivity index (χ0) is 26.8. The number of aromatic nitrogens is 5. The normalized spacial score (nSPS) is 19.8. The molecular formula is C25H26FN7O4S. The summed E-state index contributed by atoms with van der Waals surface area (Å²) in [5, 5.41) is 3.14. The molecule has 0 bridgehead atoms. The Hall–Kier alpha value is -3.78. The van der Waals surface area contributed by atoms with Crippen LogP contribution in [-0.2, 0) is 19.5 Å². The smallest absolute Gasteiger partial charge is 0.227 e. The van der Waals surface area contributed by atoms with Gasteiger partial charge in [-0.3, -0.25) is 4.98 Å². The fourth-order valence-corrected chi connectivity index (χ4v) is 4.45. The number of hydrogen-bond acceptors (Lipinski definition) is 9. The molecule has 1 saturated heterocycles. The minimum atomic E-state index is -3.34. The van der Waals surface area contributed by atoms with E-state index in [4.69, 9.17) is 14.5 Å². The molecule has 0 spiro atoms. The maximum Gasteiger partial charge on any atom is 0.227 e. The van der Waals surface area contributed by atoms with Crippen LogP contribution >= 0.6 is 0 Å². The fourth-order valence-electron chi connectivity index (χ4n) is 3.84. The molecule has 1 fully saturated rings. The summed E-state index contributed by atoms with van der Waals surface area (Å²) in [7, 11) is -3.34. The highest BCUT2D eigenvalue weighted by molar-refractivity contribution is 7.88. The second-order valence-corrected chi connectivity index (χ2v) is 11.2. The van der Waals surface area contributed by atoms with Crippen LogP contribution in [0, 0.1) is 11.2 Å². The lowest BCUT2D eigenvalue weighted by Gasteiger charge is -2.36. The van der Waals surface area contributed by atoms with Gasteiger partial charge >= 0.3 is 0 Å². The summed E-state index contributed by atoms with van der Waals surface area (Å²) in [5.41, 5.74) is 2.56. The largest absolute Gasteiger partial charge is 0.345 e. The van der Waals surface area contributed by atoms with Gasteiger partial charge in [0, 0.05) is 41.8 Å². The molecule has 1 aliphatic heterocycles. The zero-order valence-electron chi connectivity index (χ0n) is 20.7. The Balaban J connectivity index is 1.43. The Morgan fingerprint density at radius 3 is 2.45 bits per heavy atom. The average Bonchev–Trinajstić information content (AvgIpc) is 3.34. The van der Waals surface area contributed by atoms with E-state index >= 15 is 0 Å². The van der Waals surface area contributed by atoms with Crippen LogP contribution in [0.5, 0.6) is 0 Å². The van der Waals surface area contributed by atoms with Gasteiger partial charge in [-0.05, 0) is 42.5 Å². The third-order valence-electron chi connectivity index (χ3n) is 5.84. The zero-order valence-corrected chi connectivity index (χ0v) is 21.5. The number of imidazole rings is 1. The SMILES string of the molecule is CC1(CNS(C)(=O)=O)COC(c2nc(-c3ccc(F)cc3)c(-c3ccnc(Nc4ccncc4)n3)[nH]2)OC1. The van der Waals surface area contributed by atoms with Gasteiger partial charge in [-0.15, -0.1) is 0 Å². The van der Waals surface area contributed by atoms with Crippen LogP contribution in [0.3, 0.4) is 0 Å². The highest BCUT2D eigenvalue weighted by atomic mass is 32.2. The van der Waals surface area contributed by atoms with Crippen molar-refractivity contribution in [3.05, 3.63) is 72.7 Å². The Bertz CT molecular complexity index is 1510. The topological polar surface area (TPSA) is 144 Å². The van der Waals surface area contributed by atoms with E-state index in [-0.39, 0.29) is 25.6 Å². The molecule has 0 unspecified atom stereocenters. The van der Waals surface area contributed by atoms with Crippen molar-refractivity contribution in [1.82, 2.24) is 29.6 Å². The maximum atomic E-state index is 13.6. The first-order valence-corrected chi connectivity index (χ1v) is 13.6. The molecule has 11 nitrogen and oxygen atoms in total. The van der Waals surface area contributed by atoms with E-state index in [2.05, 4.69) is 30.0 Å². The maximum absolute atomic E-state index is 13.6. The average molecular weight is 540 g/mol. The number of benzene rings is 1. The van der Waals surface area contributed by atoms with E-state index in [1.807, 2.05) is 6.92 Å². The summed E-state index contributed by atoms with van der Waals surface area (Å²) in [6.45, 7) is 2.54. The Kier molecular flexibility index (Phi) is 7.17. The molecule has 0 atom stereocenters. The molecule has 3 aromatic heterocycles. The van der Waals surface area contributed by atoms with Crippen molar-refractivity contribution in [1.29, 1.82) is 0 Å². The molecule has 1 aromatic carbocycles. The molecule has 0 saturated carbocycles. The number of pyridine rings is 1. The summed E-state index contributed by atoms with van der Waals surface area (Å²) in [6.07, 6.45) is 5.23. The van der Waals surface area contributed by atoms with E-state index in [9.17, 15) is 12.8 Å². The van der Waals surface area contributed by atoms with Crippen molar-refractivity contribution < 1.29 is 22.3 Å². The fraction of sp³-hybridized carbons (Fsp3) is 0.280. The third kappa shape index (κ3) is 6.19. The van der Waals surface area contributed by atoms with Crippen molar-refractivity contribution in [3.63, 3.8) is 0 Å². The standard InChI is InChI=1S/C25H26FN7O4S/c1-25(13-29-38(2,34)35)14-36-23(37-15-25)22-32-20(16-3-5-17(26)6-4-16)21(33-22)19-9-12-28-24(31-19)30-18-7-10-27-11-8-18/h3-12,23,29H,13-15H2,1-2H3,(H,32,33)(H,27,28,30,31). The molecule has 3 N–H and O–H groups in total. The van der Waals surface area contributed by atoms with E-state index in [1.165, 1.54) is 12.1 Å². The summed E-state index contributed by atoms with van der Waals surface area (Å²) in [5.74, 6) is 0.409. The molecule has 38 heavy (non-hydrogen) atoms. The second kappa shape index (κ2) is 10.5. The minimum absolute atomic E-state index is 0.178. The van der Waals surface area contributed by atoms with Gasteiger partial charge in [-0.2, -0.15) is 0 Å². The lowest BCUT2D eigenvalue weighted by Crippen LogP contribution is -2.45. The van der Waals surface area contributed by atoms with Crippen molar-refractivity contribution in [2.75, 3.05) is 31.3 Å². The summed E-state index contributed by atoms with van der Waals surface area (Å²) < 4.78 is 51.1. The molecule has 4 heterocycles. The van der Waals surface area contributed by atoms with Gasteiger partial charge in [0.2, 0.25) is 22.3 Å². The minimum Gasteiger partial charge on any atom is -0.345 e. The Morgan fingerprint density at radius 1 is 1.05 bits per heavy atom. The molecule has 0 aliphatic carbocycles. The van der Waals surface area contributed by atoms with Gasteiger partial charge in [0.05, 0.1) is 36.6 Å². The number of H-pyrrole nitrogens is 1. The van der Waals surface area contributed by atoms with E-state index in [1.54, 1.807) is 48.9 Å². The van der Waals surface area contributed by atoms with Gasteiger partial charge in [0.1, 0.15) is 5.82 Å². The first-order valence-electron chi connectivity index (χ1n) is 11.7. The van der Waals surface area contributed by atoms with Crippen LogP contribution < -0.4 is 10.0 Å². The number of nitrogens with one attached hydrogen (secondary N) is 3. The summed E-state index contributed by atoms with van der Waals surface area (Å²) in [6, 6.07) is 11.3.